The van der Waals surface area contributed by atoms with Crippen molar-refractivity contribution < 1.29 is 24.3 Å². The van der Waals surface area contributed by atoms with Crippen LogP contribution >= 0.6 is 7.60 Å². The van der Waals surface area contributed by atoms with E-state index in [-0.39, 0.29) is 6.54 Å². The Kier molecular flexibility index (Phi) is 5.28. The van der Waals surface area contributed by atoms with Gasteiger partial charge in [-0.15, -0.1) is 5.10 Å². The molecule has 8 nitrogen and oxygen atoms in total. The molecule has 20 heavy (non-hydrogen) atoms. The molecule has 0 aliphatic heterocycles. The fourth-order valence-electron chi connectivity index (χ4n) is 1.63. The van der Waals surface area contributed by atoms with Crippen LogP contribution in [0, 0.1) is 0 Å². The highest BCUT2D eigenvalue weighted by Crippen LogP contribution is 2.49. The van der Waals surface area contributed by atoms with Crippen molar-refractivity contribution in [3.8, 4) is 0 Å². The number of aliphatic hydroxyl groups is 1. The van der Waals surface area contributed by atoms with Crippen LogP contribution in [-0.2, 0) is 17.5 Å². The monoisotopic (exact) mass is 323 g/mol. The number of nitrogens with zero attached hydrogens (tertiary/aromatic N) is 3. The van der Waals surface area contributed by atoms with E-state index in [0.29, 0.717) is 12.1 Å². The molecule has 1 aromatic heterocycles. The lowest BCUT2D eigenvalue weighted by atomic mass is 10.3. The predicted molar refractivity (Wildman–Crippen MR) is 75.5 cm³/mol. The van der Waals surface area contributed by atoms with Gasteiger partial charge in [-0.2, -0.15) is 0 Å². The molecule has 0 saturated heterocycles. The van der Waals surface area contributed by atoms with Gasteiger partial charge in [-0.1, -0.05) is 5.21 Å². The quantitative estimate of drug-likeness (QED) is 0.419. The van der Waals surface area contributed by atoms with Gasteiger partial charge in [0.05, 0.1) is 12.2 Å². The molecule has 1 unspecified atom stereocenters. The maximum atomic E-state index is 11.1. The van der Waals surface area contributed by atoms with Crippen molar-refractivity contribution in [2.24, 2.45) is 0 Å². The summed E-state index contributed by atoms with van der Waals surface area (Å²) in [5.41, 5.74) is 0.671. The normalized spacial score (nSPS) is 16.1. The van der Waals surface area contributed by atoms with Crippen LogP contribution in [-0.4, -0.2) is 48.3 Å². The smallest absolute Gasteiger partial charge is 0.358 e. The maximum Gasteiger partial charge on any atom is 0.358 e. The molecule has 4 N–H and O–H groups in total. The highest BCUT2D eigenvalue weighted by atomic mass is 31.2. The molecule has 10 heteroatoms. The Morgan fingerprint density at radius 3 is 2.55 bits per heavy atom. The number of rotatable bonds is 7. The Morgan fingerprint density at radius 2 is 2.05 bits per heavy atom. The first kappa shape index (κ1) is 17.5. The van der Waals surface area contributed by atoms with Gasteiger partial charge in [-0.05, 0) is 38.9 Å². The molecule has 0 radical (unpaired) electrons. The Bertz CT molecular complexity index is 493. The average molecular weight is 323 g/mol. The zero-order valence-electron chi connectivity index (χ0n) is 11.9. The van der Waals surface area contributed by atoms with E-state index in [0.717, 1.165) is 19.4 Å². The van der Waals surface area contributed by atoms with Crippen molar-refractivity contribution >= 4 is 15.9 Å². The second kappa shape index (κ2) is 6.04. The van der Waals surface area contributed by atoms with E-state index in [1.54, 1.807) is 6.20 Å². The van der Waals surface area contributed by atoms with Crippen molar-refractivity contribution in [1.29, 1.82) is 0 Å². The molecule has 1 aromatic rings. The zero-order valence-corrected chi connectivity index (χ0v) is 13.8. The minimum atomic E-state index is -4.63. The molecule has 1 heterocycles. The maximum absolute atomic E-state index is 11.1. The van der Waals surface area contributed by atoms with E-state index in [1.165, 1.54) is 4.68 Å². The summed E-state index contributed by atoms with van der Waals surface area (Å²) in [5, 5.41) is 15.2. The van der Waals surface area contributed by atoms with Gasteiger partial charge in [0.15, 0.2) is 13.7 Å². The summed E-state index contributed by atoms with van der Waals surface area (Å²) in [6, 6.07) is 0.750. The second-order valence-electron chi connectivity index (χ2n) is 5.83. The van der Waals surface area contributed by atoms with Crippen molar-refractivity contribution in [1.82, 2.24) is 15.0 Å². The van der Waals surface area contributed by atoms with Crippen LogP contribution in [0.2, 0.25) is 19.1 Å². The Hall–Kier alpha value is -0.573. The topological polar surface area (TPSA) is 129 Å². The highest BCUT2D eigenvalue weighted by molar-refractivity contribution is 7.53. The Morgan fingerprint density at radius 1 is 1.45 bits per heavy atom. The largest absolute Gasteiger partial charge is 0.432 e. The van der Waals surface area contributed by atoms with Crippen molar-refractivity contribution in [3.05, 3.63) is 11.9 Å². The number of hydrogen-bond donors (Lipinski definition) is 4. The van der Waals surface area contributed by atoms with Gasteiger partial charge < -0.3 is 19.7 Å². The molecule has 1 rings (SSSR count). The van der Waals surface area contributed by atoms with Crippen molar-refractivity contribution in [3.63, 3.8) is 0 Å². The van der Waals surface area contributed by atoms with Gasteiger partial charge in [0.1, 0.15) is 0 Å². The van der Waals surface area contributed by atoms with Gasteiger partial charge in [0.25, 0.3) is 0 Å². The average Bonchev–Trinajstić information content (AvgIpc) is 2.61. The van der Waals surface area contributed by atoms with E-state index < -0.39 is 21.3 Å². The molecule has 116 valence electrons. The first-order valence-corrected chi connectivity index (χ1v) is 11.1. The van der Waals surface area contributed by atoms with Crippen LogP contribution in [0.25, 0.3) is 0 Å². The number of aryl methyl sites for hydroxylation is 1. The fourth-order valence-corrected chi connectivity index (χ4v) is 3.00. The summed E-state index contributed by atoms with van der Waals surface area (Å²) in [4.78, 5) is 27.8. The third-order valence-electron chi connectivity index (χ3n) is 2.90. The molecule has 0 spiro atoms. The summed E-state index contributed by atoms with van der Waals surface area (Å²) in [5.74, 6) is 0. The van der Waals surface area contributed by atoms with Crippen LogP contribution in [0.4, 0.5) is 0 Å². The molecule has 0 bridgehead atoms. The minimum absolute atomic E-state index is 0.329. The third kappa shape index (κ3) is 5.43. The lowest BCUT2D eigenvalue weighted by Gasteiger charge is -2.23. The Labute approximate surface area is 118 Å². The first-order chi connectivity index (χ1) is 8.91. The van der Waals surface area contributed by atoms with Crippen LogP contribution < -0.4 is 0 Å². The summed E-state index contributed by atoms with van der Waals surface area (Å²) in [7, 11) is -6.69. The van der Waals surface area contributed by atoms with Crippen LogP contribution in [0.3, 0.4) is 0 Å². The third-order valence-corrected chi connectivity index (χ3v) is 5.87. The molecule has 0 aromatic carbocycles. The van der Waals surface area contributed by atoms with E-state index in [9.17, 15) is 14.5 Å². The molecule has 1 atom stereocenters. The molecule has 0 amide bonds. The van der Waals surface area contributed by atoms with E-state index in [4.69, 9.17) is 9.79 Å². The summed E-state index contributed by atoms with van der Waals surface area (Å²) >= 11 is 0. The molecular formula is C10H22N3O5PSi. The molecular weight excluding hydrogens is 301 g/mol. The summed E-state index contributed by atoms with van der Waals surface area (Å²) < 4.78 is 12.3. The van der Waals surface area contributed by atoms with Gasteiger partial charge in [-0.25, -0.2) is 4.68 Å². The SMILES string of the molecule is CC(O)(Cn1cc(CCC[Si](C)(C)O)nn1)P(=O)(O)O. The zero-order chi connectivity index (χ0) is 15.6. The van der Waals surface area contributed by atoms with Gasteiger partial charge in [0.2, 0.25) is 0 Å². The fraction of sp³-hybridized carbons (Fsp3) is 0.800. The molecule has 0 saturated carbocycles. The highest BCUT2D eigenvalue weighted by Gasteiger charge is 2.41. The van der Waals surface area contributed by atoms with Crippen molar-refractivity contribution in [2.45, 2.75) is 50.8 Å². The minimum Gasteiger partial charge on any atom is -0.432 e. The van der Waals surface area contributed by atoms with Crippen LogP contribution in [0.15, 0.2) is 6.20 Å². The number of hydrogen-bond acceptors (Lipinski definition) is 5. The lowest BCUT2D eigenvalue weighted by molar-refractivity contribution is 0.0870. The van der Waals surface area contributed by atoms with Crippen LogP contribution in [0.5, 0.6) is 0 Å². The standard InChI is InChI=1S/C10H22N3O5PSi/c1-10(14,19(15,16)17)8-13-7-9(11-12-13)5-4-6-20(2,3)18/h7,14,18H,4-6,8H2,1-3H3,(H2,15,16,17). The van der Waals surface area contributed by atoms with Gasteiger partial charge in [-0.3, -0.25) is 4.57 Å². The summed E-state index contributed by atoms with van der Waals surface area (Å²) in [6.45, 7) is 4.46. The van der Waals surface area contributed by atoms with Gasteiger partial charge >= 0.3 is 7.60 Å². The van der Waals surface area contributed by atoms with E-state index in [2.05, 4.69) is 10.3 Å². The second-order valence-corrected chi connectivity index (χ2v) is 12.0. The predicted octanol–water partition coefficient (Wildman–Crippen LogP) is 0.294. The molecule has 0 aliphatic rings. The first-order valence-electron chi connectivity index (χ1n) is 6.30. The van der Waals surface area contributed by atoms with Gasteiger partial charge in [0, 0.05) is 6.20 Å². The molecule has 0 aliphatic carbocycles. The lowest BCUT2D eigenvalue weighted by Crippen LogP contribution is -2.30. The van der Waals surface area contributed by atoms with Crippen molar-refractivity contribution in [2.75, 3.05) is 0 Å². The van der Waals surface area contributed by atoms with Crippen LogP contribution in [0.1, 0.15) is 19.0 Å². The summed E-state index contributed by atoms with van der Waals surface area (Å²) in [6.07, 6.45) is 2.97. The number of aromatic nitrogens is 3. The Balaban J connectivity index is 2.58. The molecule has 0 fully saturated rings. The van der Waals surface area contributed by atoms with E-state index in [1.807, 2.05) is 13.1 Å². The van der Waals surface area contributed by atoms with E-state index >= 15 is 0 Å².